The highest BCUT2D eigenvalue weighted by Gasteiger charge is 2.36. The van der Waals surface area contributed by atoms with Gasteiger partial charge in [-0.25, -0.2) is 19.7 Å². The highest BCUT2D eigenvalue weighted by molar-refractivity contribution is 5.81. The van der Waals surface area contributed by atoms with E-state index in [9.17, 15) is 24.3 Å². The number of carbonyl (C=O) groups is 4. The van der Waals surface area contributed by atoms with Gasteiger partial charge in [-0.2, -0.15) is 0 Å². The molecule has 4 rings (SSSR count). The zero-order chi connectivity index (χ0) is 49.4. The van der Waals surface area contributed by atoms with Crippen LogP contribution in [0, 0.1) is 35.5 Å². The Balaban J connectivity index is 1.59. The van der Waals surface area contributed by atoms with E-state index in [2.05, 4.69) is 15.0 Å². The first-order chi connectivity index (χ1) is 31.9. The van der Waals surface area contributed by atoms with E-state index in [0.29, 0.717) is 42.9 Å². The summed E-state index contributed by atoms with van der Waals surface area (Å²) in [4.78, 5) is 66.0. The summed E-state index contributed by atoms with van der Waals surface area (Å²) in [5.41, 5.74) is 6.59. The number of ketones is 1. The lowest BCUT2D eigenvalue weighted by Gasteiger charge is -2.34. The molecule has 13 unspecified atom stereocenters. The minimum atomic E-state index is -1.05. The van der Waals surface area contributed by atoms with Gasteiger partial charge < -0.3 is 57.4 Å². The fourth-order valence-electron chi connectivity index (χ4n) is 8.95. The number of aromatic nitrogens is 3. The molecule has 1 aliphatic heterocycles. The van der Waals surface area contributed by atoms with Gasteiger partial charge in [0.15, 0.2) is 11.4 Å². The van der Waals surface area contributed by atoms with Gasteiger partial charge in [-0.3, -0.25) is 14.4 Å². The van der Waals surface area contributed by atoms with E-state index in [1.165, 1.54) is 25.9 Å². The van der Waals surface area contributed by atoms with Gasteiger partial charge in [-0.15, -0.1) is 0 Å². The molecule has 0 saturated carbocycles. The molecule has 19 heteroatoms. The molecule has 374 valence electrons. The molecule has 0 aromatic carbocycles. The van der Waals surface area contributed by atoms with Crippen molar-refractivity contribution in [2.24, 2.45) is 41.2 Å². The van der Waals surface area contributed by atoms with Crippen LogP contribution in [0.15, 0.2) is 38.1 Å². The van der Waals surface area contributed by atoms with Crippen LogP contribution >= 0.6 is 0 Å². The molecule has 4 heterocycles. The molecule has 3 N–H and O–H groups in total. The summed E-state index contributed by atoms with van der Waals surface area (Å²) < 4.78 is 52.5. The van der Waals surface area contributed by atoms with Gasteiger partial charge in [0.1, 0.15) is 48.6 Å². The maximum absolute atomic E-state index is 14.0. The average molecular weight is 944 g/mol. The van der Waals surface area contributed by atoms with Crippen molar-refractivity contribution in [1.82, 2.24) is 19.9 Å². The Morgan fingerprint density at radius 1 is 0.910 bits per heavy atom. The van der Waals surface area contributed by atoms with Crippen molar-refractivity contribution in [3.05, 3.63) is 36.5 Å². The number of hydrogen-bond donors (Lipinski definition) is 2. The van der Waals surface area contributed by atoms with Crippen LogP contribution in [0.1, 0.15) is 111 Å². The van der Waals surface area contributed by atoms with E-state index in [0.717, 1.165) is 6.41 Å². The number of hydrogen-bond acceptors (Lipinski definition) is 17. The minimum absolute atomic E-state index is 0.0373. The molecule has 13 atom stereocenters. The summed E-state index contributed by atoms with van der Waals surface area (Å²) in [5, 5.41) is 11.4. The van der Waals surface area contributed by atoms with Gasteiger partial charge in [-0.1, -0.05) is 47.6 Å². The number of methoxy groups -OCH3 is 4. The summed E-state index contributed by atoms with van der Waals surface area (Å²) in [7, 11) is 7.99. The van der Waals surface area contributed by atoms with Crippen LogP contribution in [0.5, 0.6) is 0 Å². The first-order valence-corrected chi connectivity index (χ1v) is 23.1. The lowest BCUT2D eigenvalue weighted by atomic mass is 9.84. The summed E-state index contributed by atoms with van der Waals surface area (Å²) in [6.07, 6.45) is 5.25. The lowest BCUT2D eigenvalue weighted by molar-refractivity contribution is -0.160. The highest BCUT2D eigenvalue weighted by atomic mass is 16.6. The molecular formula is C48H73N5O14. The monoisotopic (exact) mass is 944 g/mol. The highest BCUT2D eigenvalue weighted by Crippen LogP contribution is 2.34. The maximum Gasteiger partial charge on any atom is 0.404 e. The second-order valence-electron chi connectivity index (χ2n) is 18.2. The van der Waals surface area contributed by atoms with Gasteiger partial charge in [0.05, 0.1) is 30.8 Å². The lowest BCUT2D eigenvalue weighted by Crippen LogP contribution is -2.39. The van der Waals surface area contributed by atoms with E-state index in [-0.39, 0.29) is 85.3 Å². The third-order valence-electron chi connectivity index (χ3n) is 13.2. The third kappa shape index (κ3) is 15.8. The SMILES string of the molecule is COC(CC1OC(=O)CC(OC(N)=O)CC(C)CC(O)C(C)C(OC)c2coc(n2)-c2coc(n2)-c2coc(n2)/C=C/CC(OC)C1C)C(C)CCC(=O)C(C)C(OC)C(C)CCN(C)C=O. The Bertz CT molecular complexity index is 2020. The number of esters is 1. The maximum atomic E-state index is 14.0. The average Bonchev–Trinajstić information content (AvgIpc) is 4.09. The largest absolute Gasteiger partial charge is 0.462 e. The Kier molecular flexibility index (Phi) is 21.7. The predicted octanol–water partition coefficient (Wildman–Crippen LogP) is 7.08. The van der Waals surface area contributed by atoms with E-state index < -0.39 is 60.5 Å². The van der Waals surface area contributed by atoms with Crippen molar-refractivity contribution in [1.29, 1.82) is 0 Å². The van der Waals surface area contributed by atoms with Crippen LogP contribution in [0.2, 0.25) is 0 Å². The zero-order valence-corrected chi connectivity index (χ0v) is 41.0. The Labute approximate surface area is 393 Å². The van der Waals surface area contributed by atoms with Gasteiger partial charge in [0.25, 0.3) is 0 Å². The number of fused-ring (bicyclic) bond motifs is 8. The molecule has 3 aromatic heterocycles. The number of amides is 2. The van der Waals surface area contributed by atoms with Gasteiger partial charge in [-0.05, 0) is 55.9 Å². The van der Waals surface area contributed by atoms with Crippen LogP contribution in [0.3, 0.4) is 0 Å². The smallest absolute Gasteiger partial charge is 0.404 e. The molecule has 0 aliphatic carbocycles. The molecular weight excluding hydrogens is 871 g/mol. The quantitative estimate of drug-likeness (QED) is 0.0955. The number of primary amides is 1. The van der Waals surface area contributed by atoms with Crippen LogP contribution in [-0.2, 0) is 42.8 Å². The third-order valence-corrected chi connectivity index (χ3v) is 13.2. The van der Waals surface area contributed by atoms with Gasteiger partial charge in [0.2, 0.25) is 24.1 Å². The van der Waals surface area contributed by atoms with Crippen molar-refractivity contribution in [2.45, 2.75) is 136 Å². The number of nitrogens with two attached hydrogens (primary N) is 1. The van der Waals surface area contributed by atoms with Crippen LogP contribution in [0.4, 0.5) is 4.79 Å². The molecule has 2 amide bonds. The normalized spacial score (nSPS) is 26.1. The Morgan fingerprint density at radius 3 is 2.25 bits per heavy atom. The Morgan fingerprint density at radius 2 is 1.60 bits per heavy atom. The van der Waals surface area contributed by atoms with Gasteiger partial charge in [0, 0.05) is 72.6 Å². The molecule has 0 radical (unpaired) electrons. The topological polar surface area (TPSA) is 251 Å². The van der Waals surface area contributed by atoms with Crippen LogP contribution in [0.25, 0.3) is 29.2 Å². The zero-order valence-electron chi connectivity index (χ0n) is 41.0. The first kappa shape index (κ1) is 54.7. The fourth-order valence-corrected chi connectivity index (χ4v) is 8.95. The van der Waals surface area contributed by atoms with Crippen molar-refractivity contribution < 1.29 is 66.0 Å². The summed E-state index contributed by atoms with van der Waals surface area (Å²) in [6, 6.07) is 0. The molecule has 0 fully saturated rings. The van der Waals surface area contributed by atoms with Crippen molar-refractivity contribution in [2.75, 3.05) is 42.0 Å². The van der Waals surface area contributed by atoms with Crippen molar-refractivity contribution in [3.63, 3.8) is 0 Å². The van der Waals surface area contributed by atoms with Gasteiger partial charge >= 0.3 is 12.1 Å². The second kappa shape index (κ2) is 26.6. The Hall–Kier alpha value is -4.95. The fraction of sp³-hybridized carbons (Fsp3) is 0.688. The standard InChI is InChI=1S/C48H73N5O14/c1-27-19-33(66-48(49)58)21-43(57)67-41(22-40(60-9)28(2)15-16-37(55)30(4)44(61-10)29(3)17-18-53(7)26-54)32(6)39(59-8)13-12-14-42-50-35(24-63-42)46-52-36(25-65-46)47-51-34(23-64-47)45(62-11)31(5)38(56)20-27/h12,14,23-33,38-41,44-45,56H,13,15-22H2,1-11H3,(H2,49,58)/b14-12+. The number of Topliss-reactive ketones (excluding diaryl/α,β-unsaturated/α-hetero) is 1. The van der Waals surface area contributed by atoms with Crippen LogP contribution < -0.4 is 5.73 Å². The number of ether oxygens (including phenoxy) is 6. The molecule has 19 nitrogen and oxygen atoms in total. The second-order valence-corrected chi connectivity index (χ2v) is 18.2. The molecule has 0 saturated heterocycles. The molecule has 0 spiro atoms. The summed E-state index contributed by atoms with van der Waals surface area (Å²) >= 11 is 0. The number of aliphatic hydroxyl groups is 1. The van der Waals surface area contributed by atoms with E-state index in [1.807, 2.05) is 47.6 Å². The van der Waals surface area contributed by atoms with Crippen molar-refractivity contribution >= 4 is 30.3 Å². The number of rotatable bonds is 18. The molecule has 1 aliphatic rings. The summed E-state index contributed by atoms with van der Waals surface area (Å²) in [6.45, 7) is 12.1. The van der Waals surface area contributed by atoms with E-state index >= 15 is 0 Å². The number of carbonyl (C=O) groups excluding carboxylic acids is 4. The number of oxazole rings is 3. The number of cyclic esters (lactones) is 1. The summed E-state index contributed by atoms with van der Waals surface area (Å²) in [5.74, 6) is -1.54. The van der Waals surface area contributed by atoms with Crippen molar-refractivity contribution in [3.8, 4) is 23.2 Å². The minimum Gasteiger partial charge on any atom is -0.462 e. The van der Waals surface area contributed by atoms with Crippen LogP contribution in [-0.4, -0.2) is 128 Å². The first-order valence-electron chi connectivity index (χ1n) is 23.1. The number of aliphatic hydroxyl groups excluding tert-OH is 1. The molecule has 6 bridgehead atoms. The van der Waals surface area contributed by atoms with E-state index in [1.54, 1.807) is 39.4 Å². The predicted molar refractivity (Wildman–Crippen MR) is 245 cm³/mol. The molecule has 3 aromatic rings. The number of nitrogens with zero attached hydrogens (tertiary/aromatic N) is 4. The van der Waals surface area contributed by atoms with E-state index in [4.69, 9.17) is 47.4 Å². The molecule has 67 heavy (non-hydrogen) atoms.